The lowest BCUT2D eigenvalue weighted by Crippen LogP contribution is -2.57. The molecule has 0 spiro atoms. The van der Waals surface area contributed by atoms with E-state index in [-0.39, 0.29) is 58.2 Å². The third-order valence-corrected chi connectivity index (χ3v) is 14.1. The molecule has 0 radical (unpaired) electrons. The van der Waals surface area contributed by atoms with Crippen molar-refractivity contribution in [3.63, 3.8) is 0 Å². The number of hydrogen-bond acceptors (Lipinski definition) is 13. The Kier molecular flexibility index (Phi) is 16.9. The van der Waals surface area contributed by atoms with Gasteiger partial charge in [0.15, 0.2) is 5.78 Å². The van der Waals surface area contributed by atoms with Gasteiger partial charge in [-0.25, -0.2) is 4.98 Å². The van der Waals surface area contributed by atoms with Gasteiger partial charge in [0.1, 0.15) is 30.8 Å². The molecular formula is C56H64N6O10S. The summed E-state index contributed by atoms with van der Waals surface area (Å²) in [5, 5.41) is 19.1. The minimum absolute atomic E-state index is 0.0120. The predicted molar refractivity (Wildman–Crippen MR) is 280 cm³/mol. The zero-order chi connectivity index (χ0) is 51.8. The van der Waals surface area contributed by atoms with Crippen LogP contribution in [0.3, 0.4) is 0 Å². The number of ketones is 1. The molecule has 7 aromatic rings. The molecule has 3 atom stereocenters. The SMILES string of the molecule is Cc1ncsc1-c1ccc(CCC(=O)[C@@H]2C[C@@H](O)CN2C(=O)[C@@H](NC(=O)COCCOCCOCCOc2ccc3c(c2)c2c(C(N)=O)cc(-c4c(C)noc4C)cc2n3Cc2ccccc2)C(C)(C)C)cc1. The van der Waals surface area contributed by atoms with Gasteiger partial charge in [0, 0.05) is 53.3 Å². The summed E-state index contributed by atoms with van der Waals surface area (Å²) in [5.74, 6) is -0.321. The van der Waals surface area contributed by atoms with Crippen LogP contribution in [0.5, 0.6) is 5.75 Å². The molecule has 3 aromatic heterocycles. The number of carbonyl (C=O) groups excluding carboxylic acids is 4. The van der Waals surface area contributed by atoms with Crippen molar-refractivity contribution < 1.29 is 47.8 Å². The number of ether oxygens (including phenoxy) is 4. The lowest BCUT2D eigenvalue weighted by atomic mass is 9.85. The minimum Gasteiger partial charge on any atom is -0.491 e. The molecule has 3 amide bonds. The number of aromatic nitrogens is 3. The van der Waals surface area contributed by atoms with Crippen molar-refractivity contribution in [2.45, 2.75) is 85.5 Å². The van der Waals surface area contributed by atoms with Crippen LogP contribution >= 0.6 is 11.3 Å². The highest BCUT2D eigenvalue weighted by Gasteiger charge is 2.44. The summed E-state index contributed by atoms with van der Waals surface area (Å²) in [5.41, 5.74) is 15.8. The molecule has 8 rings (SSSR count). The van der Waals surface area contributed by atoms with Gasteiger partial charge in [0.2, 0.25) is 17.7 Å². The van der Waals surface area contributed by atoms with Gasteiger partial charge in [-0.2, -0.15) is 0 Å². The van der Waals surface area contributed by atoms with Crippen LogP contribution in [0.1, 0.15) is 72.2 Å². The van der Waals surface area contributed by atoms with Crippen molar-refractivity contribution in [3.8, 4) is 27.3 Å². The van der Waals surface area contributed by atoms with E-state index in [1.807, 2.05) is 108 Å². The number of nitrogens with zero attached hydrogens (tertiary/aromatic N) is 4. The fourth-order valence-electron chi connectivity index (χ4n) is 9.50. The van der Waals surface area contributed by atoms with Crippen LogP contribution < -0.4 is 15.8 Å². The highest BCUT2D eigenvalue weighted by molar-refractivity contribution is 7.13. The average Bonchev–Trinajstić information content (AvgIpc) is 4.15. The van der Waals surface area contributed by atoms with E-state index in [0.29, 0.717) is 43.3 Å². The van der Waals surface area contributed by atoms with Crippen LogP contribution in [-0.2, 0) is 41.6 Å². The Hall–Kier alpha value is -6.76. The first kappa shape index (κ1) is 52.6. The molecule has 17 heteroatoms. The molecular weight excluding hydrogens is 949 g/mol. The minimum atomic E-state index is -0.956. The van der Waals surface area contributed by atoms with Gasteiger partial charge in [-0.15, -0.1) is 11.3 Å². The van der Waals surface area contributed by atoms with Gasteiger partial charge < -0.3 is 49.1 Å². The second-order valence-corrected chi connectivity index (χ2v) is 20.4. The summed E-state index contributed by atoms with van der Waals surface area (Å²) in [6.07, 6.45) is 0.0128. The van der Waals surface area contributed by atoms with E-state index in [1.165, 1.54) is 4.90 Å². The number of benzene rings is 4. The Morgan fingerprint density at radius 2 is 1.56 bits per heavy atom. The second-order valence-electron chi connectivity index (χ2n) is 19.6. The maximum atomic E-state index is 14.0. The first-order valence-electron chi connectivity index (χ1n) is 24.6. The number of nitrogens with one attached hydrogen (secondary N) is 1. The van der Waals surface area contributed by atoms with Crippen LogP contribution in [0.4, 0.5) is 0 Å². The number of primary amides is 1. The molecule has 0 saturated carbocycles. The van der Waals surface area contributed by atoms with Gasteiger partial charge in [0.25, 0.3) is 0 Å². The third-order valence-electron chi connectivity index (χ3n) is 13.2. The largest absolute Gasteiger partial charge is 0.491 e. The van der Waals surface area contributed by atoms with Crippen molar-refractivity contribution >= 4 is 56.6 Å². The number of aryl methyl sites for hydroxylation is 4. The van der Waals surface area contributed by atoms with E-state index < -0.39 is 41.3 Å². The van der Waals surface area contributed by atoms with Crippen molar-refractivity contribution in [2.75, 3.05) is 52.8 Å². The summed E-state index contributed by atoms with van der Waals surface area (Å²) in [6.45, 7) is 13.0. The van der Waals surface area contributed by atoms with Crippen LogP contribution in [0.15, 0.2) is 95.0 Å². The summed E-state index contributed by atoms with van der Waals surface area (Å²) in [4.78, 5) is 60.6. The number of aliphatic hydroxyl groups is 1. The van der Waals surface area contributed by atoms with Crippen LogP contribution in [0, 0.1) is 26.2 Å². The molecule has 1 saturated heterocycles. The maximum absolute atomic E-state index is 14.0. The molecule has 73 heavy (non-hydrogen) atoms. The number of fused-ring (bicyclic) bond motifs is 3. The summed E-state index contributed by atoms with van der Waals surface area (Å²) in [7, 11) is 0. The Morgan fingerprint density at radius 3 is 2.22 bits per heavy atom. The number of amides is 3. The van der Waals surface area contributed by atoms with Crippen LogP contribution in [0.2, 0.25) is 0 Å². The molecule has 0 aliphatic carbocycles. The lowest BCUT2D eigenvalue weighted by Gasteiger charge is -2.35. The highest BCUT2D eigenvalue weighted by Crippen LogP contribution is 2.39. The third kappa shape index (κ3) is 12.5. The number of rotatable bonds is 23. The fourth-order valence-corrected chi connectivity index (χ4v) is 10.3. The van der Waals surface area contributed by atoms with Crippen molar-refractivity contribution in [1.82, 2.24) is 24.9 Å². The first-order chi connectivity index (χ1) is 35.1. The molecule has 16 nitrogen and oxygen atoms in total. The number of likely N-dealkylation sites (tertiary alicyclic amines) is 1. The number of thiazole rings is 1. The van der Waals surface area contributed by atoms with E-state index in [1.54, 1.807) is 17.4 Å². The topological polar surface area (TPSA) is 211 Å². The second kappa shape index (κ2) is 23.4. The van der Waals surface area contributed by atoms with E-state index in [2.05, 4.69) is 38.2 Å². The zero-order valence-electron chi connectivity index (χ0n) is 42.3. The molecule has 4 heterocycles. The molecule has 4 N–H and O–H groups in total. The number of aliphatic hydroxyl groups excluding tert-OH is 1. The Balaban J connectivity index is 0.771. The van der Waals surface area contributed by atoms with Crippen LogP contribution in [-0.4, -0.2) is 119 Å². The Morgan fingerprint density at radius 1 is 0.849 bits per heavy atom. The molecule has 384 valence electrons. The monoisotopic (exact) mass is 1010 g/mol. The predicted octanol–water partition coefficient (Wildman–Crippen LogP) is 7.77. The Labute approximate surface area is 428 Å². The normalized spacial score (nSPS) is 15.3. The average molecular weight is 1010 g/mol. The van der Waals surface area contributed by atoms with E-state index in [4.69, 9.17) is 29.2 Å². The van der Waals surface area contributed by atoms with E-state index >= 15 is 0 Å². The quantitative estimate of drug-likeness (QED) is 0.0525. The van der Waals surface area contributed by atoms with Gasteiger partial charge in [-0.1, -0.05) is 80.5 Å². The number of nitrogens with two attached hydrogens (primary N) is 1. The van der Waals surface area contributed by atoms with E-state index in [0.717, 1.165) is 65.9 Å². The summed E-state index contributed by atoms with van der Waals surface area (Å²) >= 11 is 1.58. The first-order valence-corrected chi connectivity index (χ1v) is 25.5. The number of β-amino-alcohol motifs (C(OH)–C–C–N with tert-alkyl or cyclic N) is 1. The van der Waals surface area contributed by atoms with Gasteiger partial charge in [-0.05, 0) is 85.2 Å². The standard InChI is InChI=1S/C56H64N6O10S/c1-34-50(36(3)72-60-34)40-26-44(54(57)66)51-43-29-42(17-18-45(43)61(47(51)27-40)30-38-10-8-7-9-11-38)71-25-24-69-21-20-68-22-23-70-32-49(65)59-53(56(4,5)6)55(67)62-31-41(63)28-46(62)48(64)19-14-37-12-15-39(16-13-37)52-35(2)58-33-73-52/h7-13,15-18,26-27,29,33,41,46,53,63H,14,19-25,28,30-32H2,1-6H3,(H2,57,66)(H,59,65)/t41-,46+,53-/m1/s1. The van der Waals surface area contributed by atoms with Gasteiger partial charge >= 0.3 is 0 Å². The molecule has 1 aliphatic heterocycles. The fraction of sp³-hybridized carbons (Fsp3) is 0.393. The molecule has 1 fully saturated rings. The summed E-state index contributed by atoms with van der Waals surface area (Å²) < 4.78 is 30.8. The molecule has 4 aromatic carbocycles. The zero-order valence-corrected chi connectivity index (χ0v) is 43.1. The number of Topliss-reactive ketones (excluding diaryl/α,β-unsaturated/α-hetero) is 1. The van der Waals surface area contributed by atoms with Gasteiger partial charge in [-0.3, -0.25) is 19.2 Å². The van der Waals surface area contributed by atoms with Crippen molar-refractivity contribution in [2.24, 2.45) is 11.1 Å². The van der Waals surface area contributed by atoms with Crippen molar-refractivity contribution in [3.05, 3.63) is 124 Å². The van der Waals surface area contributed by atoms with Gasteiger partial charge in [0.05, 0.1) is 72.5 Å². The highest BCUT2D eigenvalue weighted by atomic mass is 32.1. The smallest absolute Gasteiger partial charge is 0.249 e. The molecule has 1 aliphatic rings. The molecule has 0 unspecified atom stereocenters. The molecule has 0 bridgehead atoms. The maximum Gasteiger partial charge on any atom is 0.249 e. The van der Waals surface area contributed by atoms with E-state index in [9.17, 15) is 24.3 Å². The summed E-state index contributed by atoms with van der Waals surface area (Å²) in [6, 6.07) is 26.1. The lowest BCUT2D eigenvalue weighted by molar-refractivity contribution is -0.144. The van der Waals surface area contributed by atoms with Crippen molar-refractivity contribution in [1.29, 1.82) is 0 Å². The number of carbonyl (C=O) groups is 4. The van der Waals surface area contributed by atoms with Crippen LogP contribution in [0.25, 0.3) is 43.4 Å². The number of hydrogen-bond donors (Lipinski definition) is 3. The Bertz CT molecular complexity index is 3050.